The Bertz CT molecular complexity index is 1310. The van der Waals surface area contributed by atoms with Gasteiger partial charge >= 0.3 is 12.1 Å². The Balaban J connectivity index is 1.63. The van der Waals surface area contributed by atoms with Gasteiger partial charge in [0.25, 0.3) is 0 Å². The van der Waals surface area contributed by atoms with Crippen molar-refractivity contribution in [2.24, 2.45) is 5.92 Å². The Morgan fingerprint density at radius 3 is 2.08 bits per heavy atom. The SMILES string of the molecule is CC(C)[C@@H](COc1ccc(-c2ccc(C(F)(F)F)cc2Cl)c(Cl)c1)Nc1ccc(C(=O)CCCC(=O)O)cc1. The zero-order chi connectivity index (χ0) is 28.7. The highest BCUT2D eigenvalue weighted by Gasteiger charge is 2.31. The first-order valence-electron chi connectivity index (χ1n) is 12.3. The fourth-order valence-corrected chi connectivity index (χ4v) is 4.37. The minimum Gasteiger partial charge on any atom is -0.491 e. The lowest BCUT2D eigenvalue weighted by Gasteiger charge is -2.24. The van der Waals surface area contributed by atoms with Gasteiger partial charge in [0.1, 0.15) is 12.4 Å². The monoisotopic (exact) mass is 581 g/mol. The van der Waals surface area contributed by atoms with Crippen molar-refractivity contribution < 1.29 is 32.6 Å². The molecule has 0 heterocycles. The maximum atomic E-state index is 13.0. The van der Waals surface area contributed by atoms with Crippen molar-refractivity contribution in [2.45, 2.75) is 45.3 Å². The molecular formula is C29H28Cl2F3NO4. The van der Waals surface area contributed by atoms with E-state index in [1.807, 2.05) is 13.8 Å². The Kier molecular flexibility index (Phi) is 10.3. The predicted molar refractivity (Wildman–Crippen MR) is 147 cm³/mol. The molecule has 0 aliphatic rings. The van der Waals surface area contributed by atoms with E-state index in [1.165, 1.54) is 6.07 Å². The van der Waals surface area contributed by atoms with Crippen LogP contribution in [0.1, 0.15) is 49.0 Å². The van der Waals surface area contributed by atoms with E-state index in [2.05, 4.69) is 5.32 Å². The number of carboxylic acids is 1. The summed E-state index contributed by atoms with van der Waals surface area (Å²) in [4.78, 5) is 22.9. The summed E-state index contributed by atoms with van der Waals surface area (Å²) in [5.41, 5.74) is 1.35. The molecule has 0 radical (unpaired) electrons. The highest BCUT2D eigenvalue weighted by atomic mass is 35.5. The molecule has 0 aliphatic carbocycles. The molecule has 0 spiro atoms. The van der Waals surface area contributed by atoms with Crippen LogP contribution in [-0.4, -0.2) is 29.5 Å². The summed E-state index contributed by atoms with van der Waals surface area (Å²) in [6.45, 7) is 4.36. The van der Waals surface area contributed by atoms with Crippen molar-refractivity contribution in [3.63, 3.8) is 0 Å². The van der Waals surface area contributed by atoms with Gasteiger partial charge in [-0.2, -0.15) is 13.2 Å². The van der Waals surface area contributed by atoms with Gasteiger partial charge in [0, 0.05) is 40.2 Å². The number of halogens is 5. The maximum absolute atomic E-state index is 13.0. The molecule has 208 valence electrons. The summed E-state index contributed by atoms with van der Waals surface area (Å²) in [5, 5.41) is 12.3. The predicted octanol–water partition coefficient (Wildman–Crippen LogP) is 8.63. The number of carbonyl (C=O) groups is 2. The number of hydrogen-bond donors (Lipinski definition) is 2. The molecule has 0 fully saturated rings. The van der Waals surface area contributed by atoms with Crippen LogP contribution < -0.4 is 10.1 Å². The van der Waals surface area contributed by atoms with Gasteiger partial charge in [0.15, 0.2) is 5.78 Å². The smallest absolute Gasteiger partial charge is 0.416 e. The number of anilines is 1. The summed E-state index contributed by atoms with van der Waals surface area (Å²) >= 11 is 12.5. The van der Waals surface area contributed by atoms with Crippen molar-refractivity contribution >= 4 is 40.6 Å². The summed E-state index contributed by atoms with van der Waals surface area (Å²) in [5.74, 6) is -0.361. The van der Waals surface area contributed by atoms with Crippen LogP contribution in [0.15, 0.2) is 60.7 Å². The number of rotatable bonds is 12. The lowest BCUT2D eigenvalue weighted by molar-refractivity contribution is -0.138. The fourth-order valence-electron chi connectivity index (χ4n) is 3.81. The molecular weight excluding hydrogens is 554 g/mol. The number of carboxylic acid groups (broad SMARTS) is 1. The number of Topliss-reactive ketones (excluding diaryl/α,β-unsaturated/α-hetero) is 1. The van der Waals surface area contributed by atoms with Crippen molar-refractivity contribution in [1.29, 1.82) is 0 Å². The van der Waals surface area contributed by atoms with Crippen LogP contribution in [0.25, 0.3) is 11.1 Å². The third-order valence-corrected chi connectivity index (χ3v) is 6.74. The first-order valence-corrected chi connectivity index (χ1v) is 13.0. The number of ether oxygens (including phenoxy) is 1. The lowest BCUT2D eigenvalue weighted by atomic mass is 10.0. The molecule has 0 saturated heterocycles. The maximum Gasteiger partial charge on any atom is 0.416 e. The van der Waals surface area contributed by atoms with Crippen molar-refractivity contribution in [3.8, 4) is 16.9 Å². The van der Waals surface area contributed by atoms with Gasteiger partial charge in [-0.1, -0.05) is 43.1 Å². The quantitative estimate of drug-likeness (QED) is 0.209. The Morgan fingerprint density at radius 2 is 1.54 bits per heavy atom. The van der Waals surface area contributed by atoms with E-state index in [0.717, 1.165) is 17.8 Å². The van der Waals surface area contributed by atoms with Crippen LogP contribution in [0.3, 0.4) is 0 Å². The standard InChI is InChI=1S/C29H28Cl2F3NO4/c1-17(2)26(35-20-9-6-18(7-10-20)27(36)4-3-5-28(37)38)16-39-21-11-13-23(25(31)15-21)22-12-8-19(14-24(22)30)29(32,33)34/h6-15,17,26,35H,3-5,16H2,1-2H3,(H,37,38)/t26-/m1/s1. The average molecular weight is 582 g/mol. The van der Waals surface area contributed by atoms with Gasteiger partial charge in [-0.3, -0.25) is 9.59 Å². The molecule has 3 aromatic rings. The Morgan fingerprint density at radius 1 is 0.923 bits per heavy atom. The zero-order valence-electron chi connectivity index (χ0n) is 21.3. The summed E-state index contributed by atoms with van der Waals surface area (Å²) in [7, 11) is 0. The summed E-state index contributed by atoms with van der Waals surface area (Å²) < 4.78 is 44.8. The number of hydrogen-bond acceptors (Lipinski definition) is 4. The van der Waals surface area contributed by atoms with Gasteiger partial charge in [-0.15, -0.1) is 0 Å². The minimum absolute atomic E-state index is 0.0435. The first-order chi connectivity index (χ1) is 18.3. The number of nitrogens with one attached hydrogen (secondary N) is 1. The molecule has 10 heteroatoms. The fraction of sp³-hybridized carbons (Fsp3) is 0.310. The minimum atomic E-state index is -4.49. The van der Waals surface area contributed by atoms with E-state index in [-0.39, 0.29) is 40.6 Å². The van der Waals surface area contributed by atoms with Crippen LogP contribution in [0.2, 0.25) is 10.0 Å². The molecule has 3 rings (SSSR count). The normalized spacial score (nSPS) is 12.3. The van der Waals surface area contributed by atoms with E-state index >= 15 is 0 Å². The van der Waals surface area contributed by atoms with E-state index in [4.69, 9.17) is 33.0 Å². The number of aliphatic carboxylic acids is 1. The van der Waals surface area contributed by atoms with Crippen LogP contribution in [0, 0.1) is 5.92 Å². The van der Waals surface area contributed by atoms with Crippen LogP contribution in [-0.2, 0) is 11.0 Å². The summed E-state index contributed by atoms with van der Waals surface area (Å²) in [6, 6.07) is 14.9. The van der Waals surface area contributed by atoms with E-state index in [1.54, 1.807) is 42.5 Å². The Hall–Kier alpha value is -3.23. The Labute approximate surface area is 234 Å². The topological polar surface area (TPSA) is 75.6 Å². The van der Waals surface area contributed by atoms with Crippen LogP contribution in [0.4, 0.5) is 18.9 Å². The molecule has 3 aromatic carbocycles. The number of ketones is 1. The number of alkyl halides is 3. The third-order valence-electron chi connectivity index (χ3n) is 6.11. The molecule has 0 aliphatic heterocycles. The zero-order valence-corrected chi connectivity index (χ0v) is 22.8. The second kappa shape index (κ2) is 13.2. The van der Waals surface area contributed by atoms with Gasteiger partial charge in [-0.05, 0) is 66.9 Å². The highest BCUT2D eigenvalue weighted by Crippen LogP contribution is 2.39. The van der Waals surface area contributed by atoms with Gasteiger partial charge < -0.3 is 15.2 Å². The molecule has 0 saturated carbocycles. The number of benzene rings is 3. The largest absolute Gasteiger partial charge is 0.491 e. The molecule has 5 nitrogen and oxygen atoms in total. The van der Waals surface area contributed by atoms with Crippen molar-refractivity contribution in [2.75, 3.05) is 11.9 Å². The average Bonchev–Trinajstić information content (AvgIpc) is 2.86. The molecule has 2 N–H and O–H groups in total. The van der Waals surface area contributed by atoms with Crippen molar-refractivity contribution in [3.05, 3.63) is 81.8 Å². The molecule has 1 atom stereocenters. The molecule has 0 aromatic heterocycles. The lowest BCUT2D eigenvalue weighted by Crippen LogP contribution is -2.32. The second-order valence-corrected chi connectivity index (χ2v) is 10.2. The van der Waals surface area contributed by atoms with Crippen LogP contribution >= 0.6 is 23.2 Å². The second-order valence-electron chi connectivity index (χ2n) is 9.39. The first kappa shape index (κ1) is 30.3. The van der Waals surface area contributed by atoms with E-state index in [0.29, 0.717) is 35.5 Å². The summed E-state index contributed by atoms with van der Waals surface area (Å²) in [6.07, 6.45) is -4.07. The number of carbonyl (C=O) groups excluding carboxylic acids is 1. The van der Waals surface area contributed by atoms with Gasteiger partial charge in [-0.25, -0.2) is 0 Å². The highest BCUT2D eigenvalue weighted by molar-refractivity contribution is 6.36. The van der Waals surface area contributed by atoms with Gasteiger partial charge in [0.05, 0.1) is 16.6 Å². The van der Waals surface area contributed by atoms with E-state index < -0.39 is 17.7 Å². The van der Waals surface area contributed by atoms with Gasteiger partial charge in [0.2, 0.25) is 0 Å². The van der Waals surface area contributed by atoms with Crippen LogP contribution in [0.5, 0.6) is 5.75 Å². The molecule has 39 heavy (non-hydrogen) atoms. The van der Waals surface area contributed by atoms with Crippen molar-refractivity contribution in [1.82, 2.24) is 0 Å². The molecule has 0 bridgehead atoms. The molecule has 0 amide bonds. The molecule has 0 unspecified atom stereocenters. The van der Waals surface area contributed by atoms with E-state index in [9.17, 15) is 22.8 Å². The third kappa shape index (κ3) is 8.63.